The predicted octanol–water partition coefficient (Wildman–Crippen LogP) is 2.89. The van der Waals surface area contributed by atoms with Gasteiger partial charge in [0, 0.05) is 26.2 Å². The maximum atomic E-state index is 13.3. The highest BCUT2D eigenvalue weighted by Crippen LogP contribution is 2.37. The molecule has 0 aliphatic rings. The highest BCUT2D eigenvalue weighted by molar-refractivity contribution is 5.99. The summed E-state index contributed by atoms with van der Waals surface area (Å²) in [7, 11) is 4.68. The summed E-state index contributed by atoms with van der Waals surface area (Å²) < 4.78 is 20.5. The van der Waals surface area contributed by atoms with Crippen LogP contribution in [0.1, 0.15) is 30.0 Å². The van der Waals surface area contributed by atoms with E-state index in [9.17, 15) is 14.3 Å². The van der Waals surface area contributed by atoms with E-state index in [1.165, 1.54) is 14.2 Å². The molecule has 3 aromatic heterocycles. The third kappa shape index (κ3) is 5.46. The number of methoxy groups -OCH3 is 1. The summed E-state index contributed by atoms with van der Waals surface area (Å²) in [5, 5.41) is 31.6. The highest BCUT2D eigenvalue weighted by Gasteiger charge is 2.23. The molecule has 4 N–H and O–H groups in total. The fourth-order valence-corrected chi connectivity index (χ4v) is 3.69. The molecule has 4 aromatic rings. The average molecular weight is 508 g/mol. The van der Waals surface area contributed by atoms with Gasteiger partial charge in [0.25, 0.3) is 5.91 Å². The van der Waals surface area contributed by atoms with Gasteiger partial charge in [0.2, 0.25) is 0 Å². The number of nitrogens with one attached hydrogen (secondary N) is 3. The minimum Gasteiger partial charge on any atom is -0.494 e. The van der Waals surface area contributed by atoms with E-state index in [-0.39, 0.29) is 11.5 Å². The Kier molecular flexibility index (Phi) is 6.98. The molecule has 0 spiro atoms. The van der Waals surface area contributed by atoms with Crippen molar-refractivity contribution in [2.24, 2.45) is 7.05 Å². The zero-order chi connectivity index (χ0) is 26.7. The average Bonchev–Trinajstić information content (AvgIpc) is 3.24. The number of para-hydroxylation sites is 1. The molecule has 0 saturated heterocycles. The fraction of sp³-hybridized carbons (Fsp3) is 0.250. The summed E-state index contributed by atoms with van der Waals surface area (Å²) in [4.78, 5) is 20.6. The normalized spacial score (nSPS) is 11.2. The Bertz CT molecular complexity index is 1430. The van der Waals surface area contributed by atoms with Crippen LogP contribution < -0.4 is 20.7 Å². The van der Waals surface area contributed by atoms with Crippen molar-refractivity contribution in [1.82, 2.24) is 35.3 Å². The summed E-state index contributed by atoms with van der Waals surface area (Å²) in [5.41, 5.74) is 0.857. The SMILES string of the molecule is CNC(=O)c1nnc(Nc2cc(C(C)(C)O)n(C)n2)cc1Nc1cccc(-c2ncc(F)cn2)c1OC. The minimum atomic E-state index is -1.10. The lowest BCUT2D eigenvalue weighted by atomic mass is 10.1. The van der Waals surface area contributed by atoms with Gasteiger partial charge in [-0.2, -0.15) is 5.10 Å². The Balaban J connectivity index is 1.72. The number of aromatic nitrogens is 6. The first kappa shape index (κ1) is 25.4. The van der Waals surface area contributed by atoms with Crippen LogP contribution in [0.15, 0.2) is 42.7 Å². The van der Waals surface area contributed by atoms with Crippen LogP contribution in [0.3, 0.4) is 0 Å². The van der Waals surface area contributed by atoms with Crippen molar-refractivity contribution in [3.05, 3.63) is 59.9 Å². The minimum absolute atomic E-state index is 0.0386. The number of hydrogen-bond acceptors (Lipinski definition) is 10. The Morgan fingerprint density at radius 1 is 1.08 bits per heavy atom. The Morgan fingerprint density at radius 2 is 1.81 bits per heavy atom. The Morgan fingerprint density at radius 3 is 2.43 bits per heavy atom. The third-order valence-corrected chi connectivity index (χ3v) is 5.35. The van der Waals surface area contributed by atoms with Gasteiger partial charge in [-0.05, 0) is 26.0 Å². The Hall–Kier alpha value is -4.65. The molecular formula is C24H26FN9O3. The van der Waals surface area contributed by atoms with Crippen molar-refractivity contribution >= 4 is 28.9 Å². The first-order valence-corrected chi connectivity index (χ1v) is 11.2. The van der Waals surface area contributed by atoms with E-state index >= 15 is 0 Å². The first-order valence-electron chi connectivity index (χ1n) is 11.2. The molecule has 4 rings (SSSR count). The molecule has 192 valence electrons. The van der Waals surface area contributed by atoms with Crippen LogP contribution in [0.25, 0.3) is 11.4 Å². The molecule has 0 aliphatic carbocycles. The standard InChI is InChI=1S/C24H26FN9O3/c1-24(2,36)17-10-19(33-34(17)4)30-18-9-16(20(32-31-18)23(35)26-3)29-15-8-6-7-14(21(15)37-5)22-27-11-13(25)12-28-22/h6-12,36H,1-5H3,(H,26,35)(H2,29,30,31,33). The molecule has 37 heavy (non-hydrogen) atoms. The van der Waals surface area contributed by atoms with Gasteiger partial charge < -0.3 is 25.8 Å². The number of aliphatic hydroxyl groups is 1. The highest BCUT2D eigenvalue weighted by atomic mass is 19.1. The van der Waals surface area contributed by atoms with Crippen LogP contribution in [-0.4, -0.2) is 55.1 Å². The molecule has 1 aromatic carbocycles. The predicted molar refractivity (Wildman–Crippen MR) is 134 cm³/mol. The van der Waals surface area contributed by atoms with Crippen LogP contribution in [0.5, 0.6) is 5.75 Å². The molecule has 3 heterocycles. The van der Waals surface area contributed by atoms with E-state index in [1.54, 1.807) is 55.9 Å². The van der Waals surface area contributed by atoms with Crippen LogP contribution in [0, 0.1) is 5.82 Å². The quantitative estimate of drug-likeness (QED) is 0.280. The zero-order valence-corrected chi connectivity index (χ0v) is 20.9. The number of amides is 1. The van der Waals surface area contributed by atoms with Crippen LogP contribution in [0.2, 0.25) is 0 Å². The lowest BCUT2D eigenvalue weighted by molar-refractivity contribution is 0.0695. The van der Waals surface area contributed by atoms with E-state index in [1.807, 2.05) is 0 Å². The zero-order valence-electron chi connectivity index (χ0n) is 20.9. The van der Waals surface area contributed by atoms with Crippen molar-refractivity contribution < 1.29 is 19.0 Å². The van der Waals surface area contributed by atoms with Crippen LogP contribution in [-0.2, 0) is 12.6 Å². The molecule has 0 fully saturated rings. The first-order chi connectivity index (χ1) is 17.6. The number of rotatable bonds is 8. The van der Waals surface area contributed by atoms with Gasteiger partial charge in [0.05, 0.1) is 42.1 Å². The molecule has 0 aliphatic heterocycles. The van der Waals surface area contributed by atoms with Gasteiger partial charge in [-0.1, -0.05) is 6.07 Å². The smallest absolute Gasteiger partial charge is 0.273 e. The van der Waals surface area contributed by atoms with Crippen LogP contribution in [0.4, 0.5) is 27.4 Å². The molecule has 0 radical (unpaired) electrons. The number of aryl methyl sites for hydroxylation is 1. The summed E-state index contributed by atoms with van der Waals surface area (Å²) in [5.74, 6) is 0.357. The number of carbonyl (C=O) groups excluding carboxylic acids is 1. The monoisotopic (exact) mass is 507 g/mol. The third-order valence-electron chi connectivity index (χ3n) is 5.35. The lowest BCUT2D eigenvalue weighted by Gasteiger charge is -2.16. The maximum Gasteiger partial charge on any atom is 0.273 e. The van der Waals surface area contributed by atoms with Gasteiger partial charge in [0.1, 0.15) is 5.60 Å². The van der Waals surface area contributed by atoms with E-state index in [0.717, 1.165) is 12.4 Å². The van der Waals surface area contributed by atoms with Gasteiger partial charge in [-0.15, -0.1) is 10.2 Å². The van der Waals surface area contributed by atoms with Gasteiger partial charge in [-0.3, -0.25) is 9.48 Å². The maximum absolute atomic E-state index is 13.3. The fourth-order valence-electron chi connectivity index (χ4n) is 3.69. The largest absolute Gasteiger partial charge is 0.494 e. The van der Waals surface area contributed by atoms with Crippen LogP contribution >= 0.6 is 0 Å². The van der Waals surface area contributed by atoms with E-state index < -0.39 is 17.3 Å². The number of nitrogens with zero attached hydrogens (tertiary/aromatic N) is 6. The van der Waals surface area contributed by atoms with Crippen molar-refractivity contribution in [1.29, 1.82) is 0 Å². The van der Waals surface area contributed by atoms with Crippen molar-refractivity contribution in [3.8, 4) is 17.1 Å². The van der Waals surface area contributed by atoms with Gasteiger partial charge >= 0.3 is 0 Å². The number of ether oxygens (including phenoxy) is 1. The molecule has 1 amide bonds. The molecule has 0 unspecified atom stereocenters. The number of hydrogen-bond donors (Lipinski definition) is 4. The molecule has 0 atom stereocenters. The molecular weight excluding hydrogens is 481 g/mol. The van der Waals surface area contributed by atoms with Gasteiger partial charge in [0.15, 0.2) is 34.7 Å². The van der Waals surface area contributed by atoms with E-state index in [4.69, 9.17) is 4.74 Å². The second-order valence-electron chi connectivity index (χ2n) is 8.53. The summed E-state index contributed by atoms with van der Waals surface area (Å²) in [6.45, 7) is 3.32. The lowest BCUT2D eigenvalue weighted by Crippen LogP contribution is -2.21. The summed E-state index contributed by atoms with van der Waals surface area (Å²) >= 11 is 0. The van der Waals surface area contributed by atoms with Crippen molar-refractivity contribution in [2.45, 2.75) is 19.4 Å². The van der Waals surface area contributed by atoms with E-state index in [2.05, 4.69) is 41.2 Å². The number of benzene rings is 1. The van der Waals surface area contributed by atoms with E-state index in [0.29, 0.717) is 40.0 Å². The summed E-state index contributed by atoms with van der Waals surface area (Å²) in [6, 6.07) is 8.50. The van der Waals surface area contributed by atoms with Gasteiger partial charge in [-0.25, -0.2) is 14.4 Å². The second-order valence-corrected chi connectivity index (χ2v) is 8.53. The molecule has 12 nitrogen and oxygen atoms in total. The molecule has 0 bridgehead atoms. The molecule has 13 heteroatoms. The Labute approximate surface area is 211 Å². The summed E-state index contributed by atoms with van der Waals surface area (Å²) in [6.07, 6.45) is 2.13. The number of anilines is 4. The molecule has 0 saturated carbocycles. The number of carbonyl (C=O) groups is 1. The second kappa shape index (κ2) is 10.1. The van der Waals surface area contributed by atoms with Crippen molar-refractivity contribution in [2.75, 3.05) is 24.8 Å². The number of halogens is 1. The topological polar surface area (TPSA) is 152 Å². The van der Waals surface area contributed by atoms with Crippen molar-refractivity contribution in [3.63, 3.8) is 0 Å².